The minimum atomic E-state index is -5.04. The van der Waals surface area contributed by atoms with Gasteiger partial charge in [-0.05, 0) is 31.2 Å². The Bertz CT molecular complexity index is 785. The number of furan rings is 1. The molecule has 6 nitrogen and oxygen atoms in total. The molecule has 0 spiro atoms. The highest BCUT2D eigenvalue weighted by Crippen LogP contribution is 2.29. The summed E-state index contributed by atoms with van der Waals surface area (Å²) >= 11 is 0. The van der Waals surface area contributed by atoms with Crippen molar-refractivity contribution < 1.29 is 35.8 Å². The number of para-hydroxylation sites is 1. The van der Waals surface area contributed by atoms with Crippen LogP contribution >= 0.6 is 0 Å². The van der Waals surface area contributed by atoms with E-state index in [1.54, 1.807) is 0 Å². The van der Waals surface area contributed by atoms with Gasteiger partial charge in [0, 0.05) is 6.54 Å². The van der Waals surface area contributed by atoms with Gasteiger partial charge < -0.3 is 14.3 Å². The first-order valence-corrected chi connectivity index (χ1v) is 8.10. The lowest BCUT2D eigenvalue weighted by molar-refractivity contribution is -0.275. The Morgan fingerprint density at radius 3 is 2.46 bits per heavy atom. The van der Waals surface area contributed by atoms with Gasteiger partial charge in [-0.2, -0.15) is 0 Å². The number of rotatable bonds is 6. The van der Waals surface area contributed by atoms with Crippen LogP contribution in [0.1, 0.15) is 12.7 Å². The van der Waals surface area contributed by atoms with E-state index in [9.17, 15) is 26.7 Å². The molecular weight excluding hydrogens is 351 g/mol. The van der Waals surface area contributed by atoms with E-state index in [4.69, 9.17) is 4.42 Å². The van der Waals surface area contributed by atoms with Crippen molar-refractivity contribution in [2.24, 2.45) is 0 Å². The van der Waals surface area contributed by atoms with Gasteiger partial charge in [0.1, 0.15) is 22.0 Å². The fourth-order valence-corrected chi connectivity index (χ4v) is 3.13. The summed E-state index contributed by atoms with van der Waals surface area (Å²) in [5, 5.41) is 10.2. The van der Waals surface area contributed by atoms with Crippen molar-refractivity contribution in [3.05, 3.63) is 48.4 Å². The van der Waals surface area contributed by atoms with E-state index in [1.807, 2.05) is 4.72 Å². The standard InChI is InChI=1S/C14H14F3NO5S/c1-13(19,12-7-4-8-22-12)9-18-24(20,21)11-6-3-2-5-10(11)23-14(15,16)17/h2-8,18-19H,9H2,1H3/t13-/m0/s1. The molecule has 1 aromatic heterocycles. The van der Waals surface area contributed by atoms with E-state index < -0.39 is 39.2 Å². The molecule has 1 aromatic carbocycles. The molecule has 1 heterocycles. The van der Waals surface area contributed by atoms with Crippen LogP contribution < -0.4 is 9.46 Å². The van der Waals surface area contributed by atoms with Gasteiger partial charge >= 0.3 is 6.36 Å². The third-order valence-electron chi connectivity index (χ3n) is 3.02. The van der Waals surface area contributed by atoms with Gasteiger partial charge in [-0.1, -0.05) is 12.1 Å². The van der Waals surface area contributed by atoms with Crippen molar-refractivity contribution in [2.75, 3.05) is 6.54 Å². The Balaban J connectivity index is 2.22. The number of halogens is 3. The SMILES string of the molecule is C[C@](O)(CNS(=O)(=O)c1ccccc1OC(F)(F)F)c1ccco1. The van der Waals surface area contributed by atoms with Crippen LogP contribution in [0, 0.1) is 0 Å². The second-order valence-corrected chi connectivity index (χ2v) is 6.81. The summed E-state index contributed by atoms with van der Waals surface area (Å²) in [5.41, 5.74) is -1.68. The summed E-state index contributed by atoms with van der Waals surface area (Å²) in [7, 11) is -4.36. The first-order chi connectivity index (χ1) is 11.0. The predicted molar refractivity (Wildman–Crippen MR) is 76.6 cm³/mol. The number of alkyl halides is 3. The zero-order valence-electron chi connectivity index (χ0n) is 12.4. The van der Waals surface area contributed by atoms with Crippen LogP contribution in [-0.4, -0.2) is 26.4 Å². The first kappa shape index (κ1) is 18.3. The zero-order valence-corrected chi connectivity index (χ0v) is 13.2. The molecule has 2 N–H and O–H groups in total. The number of aliphatic hydroxyl groups is 1. The van der Waals surface area contributed by atoms with Crippen molar-refractivity contribution >= 4 is 10.0 Å². The molecule has 0 unspecified atom stereocenters. The van der Waals surface area contributed by atoms with E-state index in [-0.39, 0.29) is 5.76 Å². The molecule has 10 heteroatoms. The largest absolute Gasteiger partial charge is 0.573 e. The van der Waals surface area contributed by atoms with Gasteiger partial charge in [0.15, 0.2) is 0 Å². The van der Waals surface area contributed by atoms with Crippen LogP contribution in [0.15, 0.2) is 52.0 Å². The average Bonchev–Trinajstić information content (AvgIpc) is 2.99. The molecule has 0 aliphatic rings. The predicted octanol–water partition coefficient (Wildman–Crippen LogP) is 2.36. The Morgan fingerprint density at radius 1 is 1.21 bits per heavy atom. The van der Waals surface area contributed by atoms with Crippen LogP contribution in [-0.2, 0) is 15.6 Å². The summed E-state index contributed by atoms with van der Waals surface area (Å²) in [6.07, 6.45) is -3.74. The molecule has 24 heavy (non-hydrogen) atoms. The lowest BCUT2D eigenvalue weighted by atomic mass is 10.1. The summed E-state index contributed by atoms with van der Waals surface area (Å²) < 4.78 is 72.4. The van der Waals surface area contributed by atoms with Crippen LogP contribution in [0.25, 0.3) is 0 Å². The molecule has 0 saturated heterocycles. The topological polar surface area (TPSA) is 88.8 Å². The maximum atomic E-state index is 12.4. The second kappa shape index (κ2) is 6.46. The van der Waals surface area contributed by atoms with Gasteiger partial charge in [0.2, 0.25) is 10.0 Å². The van der Waals surface area contributed by atoms with E-state index in [0.29, 0.717) is 0 Å². The molecule has 0 saturated carbocycles. The van der Waals surface area contributed by atoms with E-state index in [2.05, 4.69) is 4.74 Å². The molecule has 2 aromatic rings. The van der Waals surface area contributed by atoms with Gasteiger partial charge in [0.05, 0.1) is 6.26 Å². The third-order valence-corrected chi connectivity index (χ3v) is 4.46. The smallest absolute Gasteiger partial charge is 0.466 e. The highest BCUT2D eigenvalue weighted by molar-refractivity contribution is 7.89. The number of nitrogens with one attached hydrogen (secondary N) is 1. The third kappa shape index (κ3) is 4.49. The number of sulfonamides is 1. The van der Waals surface area contributed by atoms with Crippen LogP contribution in [0.5, 0.6) is 5.75 Å². The number of hydrogen-bond donors (Lipinski definition) is 2. The first-order valence-electron chi connectivity index (χ1n) is 6.62. The molecule has 0 bridgehead atoms. The molecule has 0 amide bonds. The fraction of sp³-hybridized carbons (Fsp3) is 0.286. The molecule has 1 atom stereocenters. The molecule has 0 radical (unpaired) electrons. The van der Waals surface area contributed by atoms with E-state index in [1.165, 1.54) is 37.5 Å². The molecule has 2 rings (SSSR count). The Hall–Kier alpha value is -2.04. The molecule has 0 aliphatic heterocycles. The number of ether oxygens (including phenoxy) is 1. The molecule has 0 fully saturated rings. The van der Waals surface area contributed by atoms with Gasteiger partial charge in [-0.15, -0.1) is 13.2 Å². The zero-order chi connectivity index (χ0) is 18.0. The highest BCUT2D eigenvalue weighted by atomic mass is 32.2. The Labute approximate surface area is 135 Å². The maximum Gasteiger partial charge on any atom is 0.573 e. The van der Waals surface area contributed by atoms with Gasteiger partial charge in [0.25, 0.3) is 0 Å². The molecular formula is C14H14F3NO5S. The van der Waals surface area contributed by atoms with Crippen LogP contribution in [0.4, 0.5) is 13.2 Å². The summed E-state index contributed by atoms with van der Waals surface area (Å²) in [5.74, 6) is -0.764. The molecule has 0 aliphatic carbocycles. The Kier molecular flexibility index (Phi) is 4.92. The minimum Gasteiger partial charge on any atom is -0.466 e. The van der Waals surface area contributed by atoms with Gasteiger partial charge in [-0.3, -0.25) is 0 Å². The van der Waals surface area contributed by atoms with Crippen molar-refractivity contribution in [1.82, 2.24) is 4.72 Å². The van der Waals surface area contributed by atoms with E-state index in [0.717, 1.165) is 12.1 Å². The number of benzene rings is 1. The minimum absolute atomic E-state index is 0.102. The highest BCUT2D eigenvalue weighted by Gasteiger charge is 2.35. The van der Waals surface area contributed by atoms with E-state index >= 15 is 0 Å². The Morgan fingerprint density at radius 2 is 1.88 bits per heavy atom. The average molecular weight is 365 g/mol. The van der Waals surface area contributed by atoms with Gasteiger partial charge in [-0.25, -0.2) is 13.1 Å². The lowest BCUT2D eigenvalue weighted by Crippen LogP contribution is -2.38. The second-order valence-electron chi connectivity index (χ2n) is 5.07. The maximum absolute atomic E-state index is 12.4. The summed E-state index contributed by atoms with van der Waals surface area (Å²) in [6, 6.07) is 7.25. The lowest BCUT2D eigenvalue weighted by Gasteiger charge is -2.21. The van der Waals surface area contributed by atoms with Crippen molar-refractivity contribution in [3.8, 4) is 5.75 Å². The quantitative estimate of drug-likeness (QED) is 0.820. The van der Waals surface area contributed by atoms with Crippen molar-refractivity contribution in [2.45, 2.75) is 23.8 Å². The van der Waals surface area contributed by atoms with Crippen LogP contribution in [0.3, 0.4) is 0 Å². The normalized spacial score (nSPS) is 15.0. The summed E-state index contributed by atoms with van der Waals surface area (Å²) in [4.78, 5) is -0.697. The molecule has 132 valence electrons. The monoisotopic (exact) mass is 365 g/mol. The summed E-state index contributed by atoms with van der Waals surface area (Å²) in [6.45, 7) is 0.787. The number of hydrogen-bond acceptors (Lipinski definition) is 5. The van der Waals surface area contributed by atoms with Crippen molar-refractivity contribution in [3.63, 3.8) is 0 Å². The van der Waals surface area contributed by atoms with Crippen molar-refractivity contribution in [1.29, 1.82) is 0 Å². The van der Waals surface area contributed by atoms with Crippen LogP contribution in [0.2, 0.25) is 0 Å². The fourth-order valence-electron chi connectivity index (χ4n) is 1.87.